The fourth-order valence-electron chi connectivity index (χ4n) is 6.42. The normalized spacial score (nSPS) is 22.1. The third kappa shape index (κ3) is 9.60. The molecule has 1 fully saturated rings. The molecule has 2 N–H and O–H groups in total. The molecular formula is C39H51NO9Si. The second kappa shape index (κ2) is 17.3. The SMILES string of the molecule is COC(=O)[C@@H]1[C@H](COCc2ccccc2)[C@@H](COCc2ccccc2)[C@H](C(=O)O)[C@@]1(CO[Si](C)(C)C(C)(C)C)NC(=O)OCc1ccccc1. The van der Waals surface area contributed by atoms with Crippen molar-refractivity contribution in [2.45, 2.75) is 64.3 Å². The number of ether oxygens (including phenoxy) is 4. The minimum atomic E-state index is -2.56. The summed E-state index contributed by atoms with van der Waals surface area (Å²) in [6.45, 7) is 10.4. The molecule has 50 heavy (non-hydrogen) atoms. The van der Waals surface area contributed by atoms with Gasteiger partial charge in [-0.25, -0.2) is 4.79 Å². The second-order valence-corrected chi connectivity index (χ2v) is 19.2. The van der Waals surface area contributed by atoms with Crippen molar-refractivity contribution in [2.24, 2.45) is 23.7 Å². The molecule has 3 aromatic carbocycles. The molecule has 0 bridgehead atoms. The zero-order valence-electron chi connectivity index (χ0n) is 29.9. The van der Waals surface area contributed by atoms with E-state index in [1.165, 1.54) is 7.11 Å². The molecule has 11 heteroatoms. The third-order valence-electron chi connectivity index (χ3n) is 10.1. The molecule has 0 heterocycles. The summed E-state index contributed by atoms with van der Waals surface area (Å²) < 4.78 is 30.2. The quantitative estimate of drug-likeness (QED) is 0.122. The molecule has 0 aromatic heterocycles. The first-order valence-corrected chi connectivity index (χ1v) is 19.9. The number of rotatable bonds is 16. The molecule has 5 atom stereocenters. The molecule has 1 saturated carbocycles. The van der Waals surface area contributed by atoms with Crippen LogP contribution in [-0.4, -0.2) is 63.9 Å². The number of hydrogen-bond acceptors (Lipinski definition) is 8. The molecule has 4 rings (SSSR count). The largest absolute Gasteiger partial charge is 0.481 e. The lowest BCUT2D eigenvalue weighted by molar-refractivity contribution is -0.153. The summed E-state index contributed by atoms with van der Waals surface area (Å²) >= 11 is 0. The lowest BCUT2D eigenvalue weighted by Gasteiger charge is -2.43. The first kappa shape index (κ1) is 38.8. The van der Waals surface area contributed by atoms with Gasteiger partial charge in [-0.05, 0) is 34.8 Å². The predicted octanol–water partition coefficient (Wildman–Crippen LogP) is 6.84. The highest BCUT2D eigenvalue weighted by Crippen LogP contribution is 2.51. The van der Waals surface area contributed by atoms with Crippen LogP contribution < -0.4 is 5.32 Å². The van der Waals surface area contributed by atoms with E-state index < -0.39 is 55.6 Å². The molecule has 0 unspecified atom stereocenters. The molecule has 10 nitrogen and oxygen atoms in total. The summed E-state index contributed by atoms with van der Waals surface area (Å²) in [6, 6.07) is 28.3. The lowest BCUT2D eigenvalue weighted by atomic mass is 9.79. The van der Waals surface area contributed by atoms with Crippen LogP contribution in [0.4, 0.5) is 4.79 Å². The number of carbonyl (C=O) groups is 3. The fraction of sp³-hybridized carbons (Fsp3) is 0.462. The van der Waals surface area contributed by atoms with Crippen LogP contribution in [0.2, 0.25) is 18.1 Å². The topological polar surface area (TPSA) is 130 Å². The van der Waals surface area contributed by atoms with Crippen molar-refractivity contribution in [3.05, 3.63) is 108 Å². The Hall–Kier alpha value is -4.03. The van der Waals surface area contributed by atoms with Crippen molar-refractivity contribution in [1.29, 1.82) is 0 Å². The highest BCUT2D eigenvalue weighted by Gasteiger charge is 2.67. The van der Waals surface area contributed by atoms with Gasteiger partial charge in [0.15, 0.2) is 8.32 Å². The van der Waals surface area contributed by atoms with Crippen molar-refractivity contribution in [1.82, 2.24) is 5.32 Å². The van der Waals surface area contributed by atoms with E-state index in [0.717, 1.165) is 16.7 Å². The summed E-state index contributed by atoms with van der Waals surface area (Å²) in [5.74, 6) is -5.92. The van der Waals surface area contributed by atoms with Crippen molar-refractivity contribution in [3.8, 4) is 0 Å². The molecule has 1 aliphatic carbocycles. The second-order valence-electron chi connectivity index (χ2n) is 14.4. The standard InChI is InChI=1S/C39H51NO9Si/c1-38(2,3)50(5,6)49-27-39(40-37(44)48-24-30-20-14-9-15-21-30)33(35(41)42)31(25-46-22-28-16-10-7-11-17-28)32(34(39)36(43)45-4)26-47-23-29-18-12-8-13-19-29/h7-21,31-34H,22-27H2,1-6H3,(H,40,44)(H,41,42)/t31-,32-,33-,34+,39-/m1/s1. The van der Waals surface area contributed by atoms with Gasteiger partial charge in [0.25, 0.3) is 0 Å². The minimum Gasteiger partial charge on any atom is -0.481 e. The Morgan fingerprint density at radius 1 is 0.740 bits per heavy atom. The summed E-state index contributed by atoms with van der Waals surface area (Å²) in [5, 5.41) is 13.7. The molecule has 0 saturated heterocycles. The number of alkyl carbamates (subject to hydrolysis) is 1. The Morgan fingerprint density at radius 3 is 1.60 bits per heavy atom. The monoisotopic (exact) mass is 705 g/mol. The highest BCUT2D eigenvalue weighted by atomic mass is 28.4. The molecule has 270 valence electrons. The van der Waals surface area contributed by atoms with E-state index in [-0.39, 0.29) is 44.7 Å². The smallest absolute Gasteiger partial charge is 0.408 e. The zero-order chi connectivity index (χ0) is 36.4. The third-order valence-corrected chi connectivity index (χ3v) is 14.6. The Labute approximate surface area is 296 Å². The van der Waals surface area contributed by atoms with Crippen LogP contribution >= 0.6 is 0 Å². The van der Waals surface area contributed by atoms with Crippen LogP contribution in [0.1, 0.15) is 37.5 Å². The molecule has 3 aromatic rings. The summed E-state index contributed by atoms with van der Waals surface area (Å²) in [7, 11) is -1.31. The summed E-state index contributed by atoms with van der Waals surface area (Å²) in [4.78, 5) is 41.3. The number of carboxylic acids is 1. The number of nitrogens with one attached hydrogen (secondary N) is 1. The van der Waals surface area contributed by atoms with E-state index in [1.807, 2.05) is 104 Å². The van der Waals surface area contributed by atoms with Crippen LogP contribution in [0.5, 0.6) is 0 Å². The van der Waals surface area contributed by atoms with Gasteiger partial charge in [-0.2, -0.15) is 0 Å². The van der Waals surface area contributed by atoms with Crippen molar-refractivity contribution < 1.29 is 42.9 Å². The molecule has 1 amide bonds. The number of hydrogen-bond donors (Lipinski definition) is 2. The maximum absolute atomic E-state index is 14.0. The number of carboxylic acid groups (broad SMARTS) is 1. The van der Waals surface area contributed by atoms with Crippen LogP contribution in [-0.2, 0) is 52.8 Å². The highest BCUT2D eigenvalue weighted by molar-refractivity contribution is 6.74. The molecule has 0 aliphatic heterocycles. The van der Waals surface area contributed by atoms with E-state index in [4.69, 9.17) is 23.4 Å². The van der Waals surface area contributed by atoms with Gasteiger partial charge in [-0.1, -0.05) is 112 Å². The van der Waals surface area contributed by atoms with E-state index in [2.05, 4.69) is 26.1 Å². The number of esters is 1. The Kier molecular flexibility index (Phi) is 13.4. The van der Waals surface area contributed by atoms with Gasteiger partial charge < -0.3 is 33.8 Å². The van der Waals surface area contributed by atoms with Gasteiger partial charge in [0.1, 0.15) is 6.61 Å². The Balaban J connectivity index is 1.77. The summed E-state index contributed by atoms with van der Waals surface area (Å²) in [5.41, 5.74) is 0.805. The molecule has 1 aliphatic rings. The van der Waals surface area contributed by atoms with Gasteiger partial charge in [0.05, 0.1) is 57.5 Å². The van der Waals surface area contributed by atoms with Gasteiger partial charge in [-0.15, -0.1) is 0 Å². The van der Waals surface area contributed by atoms with Crippen molar-refractivity contribution in [3.63, 3.8) is 0 Å². The molecule has 0 spiro atoms. The van der Waals surface area contributed by atoms with Gasteiger partial charge >= 0.3 is 18.0 Å². The molecular weight excluding hydrogens is 655 g/mol. The number of amides is 1. The average Bonchev–Trinajstić information content (AvgIpc) is 3.35. The van der Waals surface area contributed by atoms with Crippen LogP contribution in [0, 0.1) is 23.7 Å². The maximum Gasteiger partial charge on any atom is 0.408 e. The average molecular weight is 706 g/mol. The summed E-state index contributed by atoms with van der Waals surface area (Å²) in [6.07, 6.45) is -0.873. The Bertz CT molecular complexity index is 1530. The van der Waals surface area contributed by atoms with Crippen LogP contribution in [0.3, 0.4) is 0 Å². The number of aliphatic carboxylic acids is 1. The first-order chi connectivity index (χ1) is 23.8. The van der Waals surface area contributed by atoms with E-state index in [1.54, 1.807) is 0 Å². The van der Waals surface area contributed by atoms with Gasteiger partial charge in [-0.3, -0.25) is 9.59 Å². The van der Waals surface area contributed by atoms with Crippen molar-refractivity contribution in [2.75, 3.05) is 26.9 Å². The lowest BCUT2D eigenvalue weighted by Crippen LogP contribution is -2.64. The van der Waals surface area contributed by atoms with E-state index >= 15 is 0 Å². The Morgan fingerprint density at radius 2 is 1.18 bits per heavy atom. The van der Waals surface area contributed by atoms with Gasteiger partial charge in [0, 0.05) is 11.8 Å². The zero-order valence-corrected chi connectivity index (χ0v) is 30.9. The van der Waals surface area contributed by atoms with Gasteiger partial charge in [0.2, 0.25) is 0 Å². The van der Waals surface area contributed by atoms with E-state index in [9.17, 15) is 19.5 Å². The number of carbonyl (C=O) groups excluding carboxylic acids is 2. The first-order valence-electron chi connectivity index (χ1n) is 17.0. The molecule has 0 radical (unpaired) electrons. The van der Waals surface area contributed by atoms with Crippen LogP contribution in [0.25, 0.3) is 0 Å². The van der Waals surface area contributed by atoms with E-state index in [0.29, 0.717) is 0 Å². The number of methoxy groups -OCH3 is 1. The minimum absolute atomic E-state index is 0.000387. The van der Waals surface area contributed by atoms with Crippen molar-refractivity contribution >= 4 is 26.3 Å². The number of benzene rings is 3. The van der Waals surface area contributed by atoms with Crippen LogP contribution in [0.15, 0.2) is 91.0 Å². The predicted molar refractivity (Wildman–Crippen MR) is 191 cm³/mol. The maximum atomic E-state index is 14.0. The fourth-order valence-corrected chi connectivity index (χ4v) is 7.45.